The summed E-state index contributed by atoms with van der Waals surface area (Å²) in [4.78, 5) is 38.3. The molecule has 3 rings (SSSR count). The minimum Gasteiger partial charge on any atom is -0.393 e. The molecule has 132 valence electrons. The number of carbonyl (C=O) groups excluding carboxylic acids is 1. The number of nitrogens with zero attached hydrogens (tertiary/aromatic N) is 1. The number of nitrogens with one attached hydrogen (secondary N) is 2. The smallest absolute Gasteiger partial charge is 0.328 e. The zero-order chi connectivity index (χ0) is 18.0. The lowest BCUT2D eigenvalue weighted by molar-refractivity contribution is -0.122. The molecule has 0 spiro atoms. The van der Waals surface area contributed by atoms with Gasteiger partial charge in [-0.05, 0) is 24.3 Å². The van der Waals surface area contributed by atoms with E-state index in [4.69, 9.17) is 0 Å². The van der Waals surface area contributed by atoms with Crippen molar-refractivity contribution in [2.24, 2.45) is 13.0 Å². The van der Waals surface area contributed by atoms with Crippen molar-refractivity contribution in [3.63, 3.8) is 0 Å². The third-order valence-corrected chi connectivity index (χ3v) is 4.70. The molecule has 1 saturated carbocycles. The van der Waals surface area contributed by atoms with Crippen LogP contribution in [0, 0.1) is 5.92 Å². The molecule has 1 fully saturated rings. The molecule has 1 aliphatic rings. The van der Waals surface area contributed by atoms with Crippen molar-refractivity contribution in [3.05, 3.63) is 68.5 Å². The van der Waals surface area contributed by atoms with Gasteiger partial charge in [-0.2, -0.15) is 0 Å². The third kappa shape index (κ3) is 3.71. The average molecular weight is 343 g/mol. The molecule has 1 unspecified atom stereocenters. The summed E-state index contributed by atoms with van der Waals surface area (Å²) in [5.74, 6) is -0.126. The number of aromatic amines is 1. The summed E-state index contributed by atoms with van der Waals surface area (Å²) in [7, 11) is 1.37. The van der Waals surface area contributed by atoms with E-state index in [2.05, 4.69) is 10.3 Å². The standard InChI is InChI=1S/C18H21N3O4/c1-21-17(24)13(10-19-18(21)25)9-15(23)20-16(12-7-14(22)8-12)11-5-3-2-4-6-11/h2-6,10,12,14,16,22H,7-9H2,1H3,(H,19,25)(H,20,23). The summed E-state index contributed by atoms with van der Waals surface area (Å²) >= 11 is 0. The van der Waals surface area contributed by atoms with Crippen LogP contribution in [-0.4, -0.2) is 26.7 Å². The monoisotopic (exact) mass is 343 g/mol. The van der Waals surface area contributed by atoms with Crippen LogP contribution >= 0.6 is 0 Å². The van der Waals surface area contributed by atoms with Crippen LogP contribution < -0.4 is 16.6 Å². The molecule has 7 nitrogen and oxygen atoms in total. The average Bonchev–Trinajstić information content (AvgIpc) is 2.58. The zero-order valence-corrected chi connectivity index (χ0v) is 13.9. The van der Waals surface area contributed by atoms with E-state index in [1.54, 1.807) is 0 Å². The van der Waals surface area contributed by atoms with Gasteiger partial charge in [0.2, 0.25) is 5.91 Å². The fraction of sp³-hybridized carbons (Fsp3) is 0.389. The van der Waals surface area contributed by atoms with Crippen molar-refractivity contribution >= 4 is 5.91 Å². The van der Waals surface area contributed by atoms with E-state index >= 15 is 0 Å². The van der Waals surface area contributed by atoms with Crippen molar-refractivity contribution in [1.82, 2.24) is 14.9 Å². The molecular weight excluding hydrogens is 322 g/mol. The van der Waals surface area contributed by atoms with Crippen molar-refractivity contribution in [3.8, 4) is 0 Å². The highest BCUT2D eigenvalue weighted by molar-refractivity contribution is 5.78. The summed E-state index contributed by atoms with van der Waals surface area (Å²) in [5.41, 5.74) is 0.219. The molecule has 1 aromatic carbocycles. The number of carbonyl (C=O) groups is 1. The second-order valence-corrected chi connectivity index (χ2v) is 6.50. The SMILES string of the molecule is Cn1c(=O)[nH]cc(CC(=O)NC(c2ccccc2)C2CC(O)C2)c1=O. The maximum Gasteiger partial charge on any atom is 0.328 e. The number of aliphatic hydroxyl groups excluding tert-OH is 1. The molecule has 25 heavy (non-hydrogen) atoms. The molecule has 1 amide bonds. The van der Waals surface area contributed by atoms with Crippen LogP contribution in [0.1, 0.15) is 30.0 Å². The quantitative estimate of drug-likeness (QED) is 0.723. The molecular formula is C18H21N3O4. The van der Waals surface area contributed by atoms with Crippen LogP contribution in [0.4, 0.5) is 0 Å². The number of aliphatic hydroxyl groups is 1. The first-order chi connectivity index (χ1) is 12.0. The number of rotatable bonds is 5. The number of hydrogen-bond donors (Lipinski definition) is 3. The van der Waals surface area contributed by atoms with Crippen LogP contribution in [0.3, 0.4) is 0 Å². The molecule has 7 heteroatoms. The van der Waals surface area contributed by atoms with Gasteiger partial charge in [0.1, 0.15) is 0 Å². The topological polar surface area (TPSA) is 104 Å². The number of H-pyrrole nitrogens is 1. The molecule has 2 aromatic rings. The highest BCUT2D eigenvalue weighted by Gasteiger charge is 2.35. The molecule has 1 aromatic heterocycles. The first-order valence-corrected chi connectivity index (χ1v) is 8.25. The summed E-state index contributed by atoms with van der Waals surface area (Å²) in [6, 6.07) is 9.39. The Hall–Kier alpha value is -2.67. The first kappa shape index (κ1) is 17.2. The van der Waals surface area contributed by atoms with Crippen LogP contribution in [0.5, 0.6) is 0 Å². The van der Waals surface area contributed by atoms with Gasteiger partial charge < -0.3 is 15.4 Å². The molecule has 3 N–H and O–H groups in total. The largest absolute Gasteiger partial charge is 0.393 e. The Labute approximate surface area is 144 Å². The minimum atomic E-state index is -0.514. The summed E-state index contributed by atoms with van der Waals surface area (Å²) in [6.45, 7) is 0. The lowest BCUT2D eigenvalue weighted by atomic mass is 9.75. The third-order valence-electron chi connectivity index (χ3n) is 4.70. The zero-order valence-electron chi connectivity index (χ0n) is 13.9. The number of amides is 1. The van der Waals surface area contributed by atoms with Crippen molar-refractivity contribution in [2.75, 3.05) is 0 Å². The Morgan fingerprint density at radius 1 is 1.32 bits per heavy atom. The summed E-state index contributed by atoms with van der Waals surface area (Å²) < 4.78 is 0.944. The van der Waals surface area contributed by atoms with Crippen LogP contribution in [0.25, 0.3) is 0 Å². The predicted octanol–water partition coefficient (Wildman–Crippen LogP) is 0.244. The molecule has 0 saturated heterocycles. The molecule has 1 aliphatic carbocycles. The molecule has 1 heterocycles. The fourth-order valence-corrected chi connectivity index (χ4v) is 3.17. The van der Waals surface area contributed by atoms with E-state index in [1.165, 1.54) is 13.2 Å². The highest BCUT2D eigenvalue weighted by Crippen LogP contribution is 2.38. The summed E-state index contributed by atoms with van der Waals surface area (Å²) in [6.07, 6.45) is 2.14. The second kappa shape index (κ2) is 7.06. The van der Waals surface area contributed by atoms with E-state index in [0.29, 0.717) is 12.8 Å². The Bertz CT molecular complexity index is 866. The molecule has 1 atom stereocenters. The normalized spacial score (nSPS) is 20.6. The van der Waals surface area contributed by atoms with Crippen molar-refractivity contribution < 1.29 is 9.90 Å². The van der Waals surface area contributed by atoms with Crippen LogP contribution in [0.15, 0.2) is 46.1 Å². The highest BCUT2D eigenvalue weighted by atomic mass is 16.3. The number of hydrogen-bond acceptors (Lipinski definition) is 4. The van der Waals surface area contributed by atoms with E-state index in [-0.39, 0.29) is 36.0 Å². The van der Waals surface area contributed by atoms with E-state index in [1.807, 2.05) is 30.3 Å². The fourth-order valence-electron chi connectivity index (χ4n) is 3.17. The Balaban J connectivity index is 1.76. The summed E-state index contributed by atoms with van der Waals surface area (Å²) in [5, 5.41) is 12.6. The van der Waals surface area contributed by atoms with Crippen molar-refractivity contribution in [1.29, 1.82) is 0 Å². The lowest BCUT2D eigenvalue weighted by Gasteiger charge is -2.38. The Morgan fingerprint density at radius 2 is 2.00 bits per heavy atom. The first-order valence-electron chi connectivity index (χ1n) is 8.25. The number of benzene rings is 1. The van der Waals surface area contributed by atoms with E-state index < -0.39 is 11.2 Å². The van der Waals surface area contributed by atoms with Crippen molar-refractivity contribution in [2.45, 2.75) is 31.4 Å². The van der Waals surface area contributed by atoms with Gasteiger partial charge in [0.05, 0.1) is 18.6 Å². The van der Waals surface area contributed by atoms with Gasteiger partial charge in [0.15, 0.2) is 0 Å². The minimum absolute atomic E-state index is 0.109. The van der Waals surface area contributed by atoms with E-state index in [9.17, 15) is 19.5 Å². The van der Waals surface area contributed by atoms with Gasteiger partial charge in [-0.3, -0.25) is 14.2 Å². The molecule has 0 bridgehead atoms. The maximum atomic E-state index is 12.5. The van der Waals surface area contributed by atoms with Gasteiger partial charge in [0.25, 0.3) is 5.56 Å². The van der Waals surface area contributed by atoms with Crippen LogP contribution in [0.2, 0.25) is 0 Å². The van der Waals surface area contributed by atoms with Gasteiger partial charge in [0, 0.05) is 18.8 Å². The van der Waals surface area contributed by atoms with Gasteiger partial charge in [-0.1, -0.05) is 30.3 Å². The number of aromatic nitrogens is 2. The Kier molecular flexibility index (Phi) is 4.85. The predicted molar refractivity (Wildman–Crippen MR) is 92.1 cm³/mol. The molecule has 0 radical (unpaired) electrons. The second-order valence-electron chi connectivity index (χ2n) is 6.50. The van der Waals surface area contributed by atoms with Gasteiger partial charge in [-0.15, -0.1) is 0 Å². The molecule has 0 aliphatic heterocycles. The Morgan fingerprint density at radius 3 is 2.64 bits per heavy atom. The van der Waals surface area contributed by atoms with E-state index in [0.717, 1.165) is 10.1 Å². The lowest BCUT2D eigenvalue weighted by Crippen LogP contribution is -2.42. The van der Waals surface area contributed by atoms with Gasteiger partial charge in [-0.25, -0.2) is 4.79 Å². The van der Waals surface area contributed by atoms with Gasteiger partial charge >= 0.3 is 5.69 Å². The van der Waals surface area contributed by atoms with Crippen LogP contribution in [-0.2, 0) is 18.3 Å². The maximum absolute atomic E-state index is 12.5.